The summed E-state index contributed by atoms with van der Waals surface area (Å²) in [4.78, 5) is 14.0. The SMILES string of the molecule is Cc1ncccc1Oc1cc([N+](=O)[O-])cc[n+]1[O-]. The van der Waals surface area contributed by atoms with Gasteiger partial charge in [0.2, 0.25) is 0 Å². The molecule has 0 aliphatic rings. The van der Waals surface area contributed by atoms with Crippen molar-refractivity contribution in [3.63, 3.8) is 0 Å². The molecule has 0 amide bonds. The van der Waals surface area contributed by atoms with Gasteiger partial charge in [0, 0.05) is 6.20 Å². The van der Waals surface area contributed by atoms with Crippen LogP contribution in [0.4, 0.5) is 5.69 Å². The molecular formula is C11H9N3O4. The van der Waals surface area contributed by atoms with Crippen LogP contribution in [0.3, 0.4) is 0 Å². The van der Waals surface area contributed by atoms with Crippen LogP contribution in [0.15, 0.2) is 36.7 Å². The number of aromatic nitrogens is 2. The Morgan fingerprint density at radius 1 is 1.44 bits per heavy atom. The van der Waals surface area contributed by atoms with Crippen molar-refractivity contribution < 1.29 is 14.4 Å². The zero-order chi connectivity index (χ0) is 13.1. The maximum Gasteiger partial charge on any atom is 0.391 e. The Bertz CT molecular complexity index is 601. The van der Waals surface area contributed by atoms with Crippen molar-refractivity contribution in [2.75, 3.05) is 0 Å². The Hall–Kier alpha value is -2.70. The molecule has 0 N–H and O–H groups in total. The third-order valence-corrected chi connectivity index (χ3v) is 2.25. The highest BCUT2D eigenvalue weighted by molar-refractivity contribution is 5.34. The highest BCUT2D eigenvalue weighted by Crippen LogP contribution is 2.23. The summed E-state index contributed by atoms with van der Waals surface area (Å²) in [5, 5.41) is 22.1. The molecule has 2 heterocycles. The first-order valence-corrected chi connectivity index (χ1v) is 5.05. The van der Waals surface area contributed by atoms with Gasteiger partial charge in [0.25, 0.3) is 5.69 Å². The number of aryl methyl sites for hydroxylation is 1. The monoisotopic (exact) mass is 247 g/mol. The lowest BCUT2D eigenvalue weighted by atomic mass is 10.3. The molecule has 18 heavy (non-hydrogen) atoms. The molecule has 92 valence electrons. The second-order valence-corrected chi connectivity index (χ2v) is 3.50. The molecule has 0 bridgehead atoms. The zero-order valence-corrected chi connectivity index (χ0v) is 9.44. The van der Waals surface area contributed by atoms with Gasteiger partial charge in [-0.3, -0.25) is 15.1 Å². The largest absolute Gasteiger partial charge is 0.616 e. The van der Waals surface area contributed by atoms with E-state index in [0.29, 0.717) is 16.2 Å². The summed E-state index contributed by atoms with van der Waals surface area (Å²) < 4.78 is 5.73. The topological polar surface area (TPSA) is 92.2 Å². The van der Waals surface area contributed by atoms with E-state index in [4.69, 9.17) is 4.74 Å². The fraction of sp³-hybridized carbons (Fsp3) is 0.0909. The van der Waals surface area contributed by atoms with Crippen molar-refractivity contribution >= 4 is 5.69 Å². The van der Waals surface area contributed by atoms with E-state index in [9.17, 15) is 15.3 Å². The number of nitrogens with zero attached hydrogens (tertiary/aromatic N) is 3. The minimum absolute atomic E-state index is 0.166. The maximum absolute atomic E-state index is 11.5. The lowest BCUT2D eigenvalue weighted by Crippen LogP contribution is -2.27. The summed E-state index contributed by atoms with van der Waals surface area (Å²) >= 11 is 0. The Labute approximate surface area is 102 Å². The standard InChI is InChI=1S/C11H9N3O4/c1-8-10(3-2-5-12-8)18-11-7-9(14(16)17)4-6-13(11)15/h2-7H,1H3. The molecule has 2 aromatic heterocycles. The van der Waals surface area contributed by atoms with E-state index in [1.54, 1.807) is 25.3 Å². The van der Waals surface area contributed by atoms with E-state index in [0.717, 1.165) is 18.3 Å². The minimum Gasteiger partial charge on any atom is -0.616 e. The van der Waals surface area contributed by atoms with Gasteiger partial charge in [0.05, 0.1) is 16.7 Å². The predicted octanol–water partition coefficient (Wildman–Crippen LogP) is 1.72. The van der Waals surface area contributed by atoms with Crippen molar-refractivity contribution in [3.8, 4) is 11.6 Å². The molecule has 0 aliphatic carbocycles. The zero-order valence-electron chi connectivity index (χ0n) is 9.44. The van der Waals surface area contributed by atoms with Crippen LogP contribution >= 0.6 is 0 Å². The van der Waals surface area contributed by atoms with Gasteiger partial charge in [0.1, 0.15) is 6.07 Å². The van der Waals surface area contributed by atoms with Gasteiger partial charge in [-0.05, 0) is 19.1 Å². The van der Waals surface area contributed by atoms with Crippen molar-refractivity contribution in [2.24, 2.45) is 0 Å². The maximum atomic E-state index is 11.5. The second kappa shape index (κ2) is 4.66. The third kappa shape index (κ3) is 2.34. The third-order valence-electron chi connectivity index (χ3n) is 2.25. The van der Waals surface area contributed by atoms with Crippen LogP contribution < -0.4 is 9.47 Å². The fourth-order valence-corrected chi connectivity index (χ4v) is 1.33. The molecule has 0 spiro atoms. The molecule has 0 saturated carbocycles. The van der Waals surface area contributed by atoms with Crippen molar-refractivity contribution in [2.45, 2.75) is 6.92 Å². The predicted molar refractivity (Wildman–Crippen MR) is 61.1 cm³/mol. The normalized spacial score (nSPS) is 10.1. The Morgan fingerprint density at radius 3 is 2.89 bits per heavy atom. The summed E-state index contributed by atoms with van der Waals surface area (Å²) in [7, 11) is 0. The molecule has 0 unspecified atom stereocenters. The van der Waals surface area contributed by atoms with Crippen LogP contribution in [0.2, 0.25) is 0 Å². The number of pyridine rings is 2. The van der Waals surface area contributed by atoms with Crippen LogP contribution in [0, 0.1) is 22.2 Å². The fourth-order valence-electron chi connectivity index (χ4n) is 1.33. The number of rotatable bonds is 3. The lowest BCUT2D eigenvalue weighted by molar-refractivity contribution is -0.611. The average molecular weight is 247 g/mol. The van der Waals surface area contributed by atoms with Crippen LogP contribution in [-0.2, 0) is 0 Å². The van der Waals surface area contributed by atoms with Crippen LogP contribution in [0.5, 0.6) is 11.6 Å². The molecule has 7 heteroatoms. The quantitative estimate of drug-likeness (QED) is 0.356. The van der Waals surface area contributed by atoms with E-state index in [1.165, 1.54) is 0 Å². The first-order chi connectivity index (χ1) is 8.58. The summed E-state index contributed by atoms with van der Waals surface area (Å²) in [6.45, 7) is 1.71. The highest BCUT2D eigenvalue weighted by Gasteiger charge is 2.16. The van der Waals surface area contributed by atoms with Gasteiger partial charge in [-0.15, -0.1) is 4.73 Å². The number of hydrogen-bond donors (Lipinski definition) is 0. The summed E-state index contributed by atoms with van der Waals surface area (Å²) in [6.07, 6.45) is 2.61. The molecule has 0 atom stereocenters. The summed E-state index contributed by atoms with van der Waals surface area (Å²) in [6, 6.07) is 5.45. The molecule has 2 aromatic rings. The van der Waals surface area contributed by atoms with E-state index < -0.39 is 4.92 Å². The van der Waals surface area contributed by atoms with Gasteiger partial charge in [-0.25, -0.2) is 0 Å². The van der Waals surface area contributed by atoms with Crippen molar-refractivity contribution in [1.29, 1.82) is 0 Å². The van der Waals surface area contributed by atoms with Gasteiger partial charge < -0.3 is 9.94 Å². The van der Waals surface area contributed by atoms with Gasteiger partial charge in [0.15, 0.2) is 11.9 Å². The minimum atomic E-state index is -0.594. The van der Waals surface area contributed by atoms with Gasteiger partial charge in [-0.2, -0.15) is 0 Å². The molecule has 0 radical (unpaired) electrons. The van der Waals surface area contributed by atoms with Gasteiger partial charge >= 0.3 is 5.88 Å². The Morgan fingerprint density at radius 2 is 2.22 bits per heavy atom. The van der Waals surface area contributed by atoms with Crippen LogP contribution in [0.25, 0.3) is 0 Å². The molecule has 0 aliphatic heterocycles. The summed E-state index contributed by atoms with van der Waals surface area (Å²) in [5.74, 6) is 0.211. The molecule has 0 aromatic carbocycles. The van der Waals surface area contributed by atoms with E-state index >= 15 is 0 Å². The van der Waals surface area contributed by atoms with Crippen molar-refractivity contribution in [1.82, 2.24) is 4.98 Å². The van der Waals surface area contributed by atoms with Crippen LogP contribution in [0.1, 0.15) is 5.69 Å². The molecule has 2 rings (SSSR count). The lowest BCUT2D eigenvalue weighted by Gasteiger charge is -2.06. The summed E-state index contributed by atoms with van der Waals surface area (Å²) in [5.41, 5.74) is 0.377. The Balaban J connectivity index is 2.37. The number of nitro groups is 1. The van der Waals surface area contributed by atoms with E-state index in [1.807, 2.05) is 0 Å². The molecule has 0 fully saturated rings. The Kier molecular flexibility index (Phi) is 3.05. The first kappa shape index (κ1) is 11.8. The number of ether oxygens (including phenoxy) is 1. The number of hydrogen-bond acceptors (Lipinski definition) is 5. The van der Waals surface area contributed by atoms with E-state index in [2.05, 4.69) is 4.98 Å². The second-order valence-electron chi connectivity index (χ2n) is 3.50. The average Bonchev–Trinajstić information content (AvgIpc) is 2.34. The first-order valence-electron chi connectivity index (χ1n) is 5.05. The molecular weight excluding hydrogens is 238 g/mol. The highest BCUT2D eigenvalue weighted by atomic mass is 16.6. The molecule has 0 saturated heterocycles. The van der Waals surface area contributed by atoms with Crippen LogP contribution in [-0.4, -0.2) is 9.91 Å². The smallest absolute Gasteiger partial charge is 0.391 e. The van der Waals surface area contributed by atoms with Gasteiger partial charge in [-0.1, -0.05) is 0 Å². The van der Waals surface area contributed by atoms with Crippen molar-refractivity contribution in [3.05, 3.63) is 57.7 Å². The van der Waals surface area contributed by atoms with E-state index in [-0.39, 0.29) is 11.6 Å². The molecule has 7 nitrogen and oxygen atoms in total.